The van der Waals surface area contributed by atoms with Gasteiger partial charge < -0.3 is 24.8 Å². The van der Waals surface area contributed by atoms with E-state index in [4.69, 9.17) is 21.1 Å². The molecule has 0 aliphatic heterocycles. The molecule has 2 amide bonds. The molecule has 0 unspecified atom stereocenters. The van der Waals surface area contributed by atoms with Crippen LogP contribution in [-0.4, -0.2) is 71.3 Å². The quantitative estimate of drug-likeness (QED) is 0.158. The number of benzene rings is 2. The van der Waals surface area contributed by atoms with Gasteiger partial charge in [-0.15, -0.1) is 11.3 Å². The molecule has 2 aromatic heterocycles. The number of halogens is 3. The first-order chi connectivity index (χ1) is 23.7. The summed E-state index contributed by atoms with van der Waals surface area (Å²) in [5.41, 5.74) is 1.49. The zero-order chi connectivity index (χ0) is 36.3. The molecular formula is C36H39ClF2N4O6S. The second-order valence-corrected chi connectivity index (χ2v) is 14.6. The van der Waals surface area contributed by atoms with Crippen molar-refractivity contribution in [2.75, 3.05) is 25.6 Å². The molecule has 1 aliphatic carbocycles. The summed E-state index contributed by atoms with van der Waals surface area (Å²) in [4.78, 5) is 45.2. The van der Waals surface area contributed by atoms with Gasteiger partial charge in [-0.1, -0.05) is 17.7 Å². The fourth-order valence-corrected chi connectivity index (χ4v) is 7.58. The zero-order valence-electron chi connectivity index (χ0n) is 28.4. The molecule has 0 bridgehead atoms. The lowest BCUT2D eigenvalue weighted by Crippen LogP contribution is -2.46. The van der Waals surface area contributed by atoms with Gasteiger partial charge in [-0.05, 0) is 94.0 Å². The second-order valence-electron chi connectivity index (χ2n) is 13.2. The minimum atomic E-state index is -1.16. The number of fused-ring (bicyclic) bond motifs is 1. The Hall–Kier alpha value is -4.33. The number of rotatable bonds is 10. The number of pyridine rings is 1. The van der Waals surface area contributed by atoms with E-state index in [2.05, 4.69) is 10.3 Å². The maximum absolute atomic E-state index is 14.8. The van der Waals surface area contributed by atoms with Crippen molar-refractivity contribution in [2.24, 2.45) is 0 Å². The van der Waals surface area contributed by atoms with Gasteiger partial charge in [0.15, 0.2) is 0 Å². The summed E-state index contributed by atoms with van der Waals surface area (Å²) in [6.45, 7) is 5.57. The molecule has 4 aromatic rings. The van der Waals surface area contributed by atoms with Crippen molar-refractivity contribution in [3.63, 3.8) is 0 Å². The average molecular weight is 729 g/mol. The first-order valence-electron chi connectivity index (χ1n) is 16.1. The van der Waals surface area contributed by atoms with E-state index in [1.54, 1.807) is 23.1 Å². The molecule has 0 spiro atoms. The summed E-state index contributed by atoms with van der Waals surface area (Å²) in [7, 11) is 2.92. The number of nitrogens with zero attached hydrogens (tertiary/aromatic N) is 3. The fourth-order valence-electron chi connectivity index (χ4n) is 6.07. The largest absolute Gasteiger partial charge is 0.496 e. The van der Waals surface area contributed by atoms with Crippen molar-refractivity contribution in [3.05, 3.63) is 75.8 Å². The number of esters is 1. The molecule has 50 heavy (non-hydrogen) atoms. The van der Waals surface area contributed by atoms with Crippen LogP contribution in [0, 0.1) is 11.6 Å². The highest BCUT2D eigenvalue weighted by molar-refractivity contribution is 7.21. The van der Waals surface area contributed by atoms with Crippen molar-refractivity contribution in [3.8, 4) is 16.9 Å². The van der Waals surface area contributed by atoms with E-state index in [0.717, 1.165) is 33.9 Å². The minimum absolute atomic E-state index is 0.0227. The molecular weight excluding hydrogens is 690 g/mol. The van der Waals surface area contributed by atoms with Gasteiger partial charge in [0.25, 0.3) is 5.91 Å². The number of hydrogen-bond donors (Lipinski definition) is 2. The molecule has 1 aliphatic rings. The van der Waals surface area contributed by atoms with E-state index in [1.165, 1.54) is 20.4 Å². The molecule has 5 rings (SSSR count). The third-order valence-corrected chi connectivity index (χ3v) is 10.2. The highest BCUT2D eigenvalue weighted by atomic mass is 35.5. The molecule has 1 saturated carbocycles. The van der Waals surface area contributed by atoms with E-state index in [-0.39, 0.29) is 56.9 Å². The van der Waals surface area contributed by atoms with Crippen LogP contribution in [-0.2, 0) is 16.1 Å². The second kappa shape index (κ2) is 15.3. The molecule has 14 heteroatoms. The predicted molar refractivity (Wildman–Crippen MR) is 189 cm³/mol. The van der Waals surface area contributed by atoms with Gasteiger partial charge in [-0.3, -0.25) is 14.5 Å². The van der Waals surface area contributed by atoms with Crippen molar-refractivity contribution in [1.29, 1.82) is 0 Å². The summed E-state index contributed by atoms with van der Waals surface area (Å²) < 4.78 is 40.7. The molecule has 2 heterocycles. The predicted octanol–water partition coefficient (Wildman–Crippen LogP) is 7.90. The minimum Gasteiger partial charge on any atom is -0.496 e. The van der Waals surface area contributed by atoms with Gasteiger partial charge in [0.2, 0.25) is 0 Å². The lowest BCUT2D eigenvalue weighted by Gasteiger charge is -2.37. The number of amides is 2. The van der Waals surface area contributed by atoms with Crippen molar-refractivity contribution in [1.82, 2.24) is 15.2 Å². The van der Waals surface area contributed by atoms with Crippen LogP contribution in [0.4, 0.5) is 19.4 Å². The smallest absolute Gasteiger partial charge is 0.412 e. The monoisotopic (exact) mass is 728 g/mol. The van der Waals surface area contributed by atoms with Gasteiger partial charge >= 0.3 is 12.1 Å². The number of anilines is 1. The van der Waals surface area contributed by atoms with Crippen molar-refractivity contribution < 1.29 is 37.7 Å². The molecule has 0 radical (unpaired) electrons. The Kier molecular flexibility index (Phi) is 11.3. The van der Waals surface area contributed by atoms with Gasteiger partial charge in [0.05, 0.1) is 28.8 Å². The highest BCUT2D eigenvalue weighted by Gasteiger charge is 2.33. The summed E-state index contributed by atoms with van der Waals surface area (Å²) in [5, 5.41) is 12.4. The summed E-state index contributed by atoms with van der Waals surface area (Å²) >= 11 is 7.42. The lowest BCUT2D eigenvalue weighted by atomic mass is 9.89. The Balaban J connectivity index is 1.47. The zero-order valence-corrected chi connectivity index (χ0v) is 30.0. The number of hydrogen-bond acceptors (Lipinski definition) is 8. The highest BCUT2D eigenvalue weighted by Crippen LogP contribution is 2.41. The van der Waals surface area contributed by atoms with Crippen LogP contribution >= 0.6 is 22.9 Å². The molecule has 0 atom stereocenters. The van der Waals surface area contributed by atoms with Crippen molar-refractivity contribution >= 4 is 56.8 Å². The van der Waals surface area contributed by atoms with Crippen LogP contribution in [0.25, 0.3) is 21.2 Å². The van der Waals surface area contributed by atoms with Gasteiger partial charge in [-0.2, -0.15) is 0 Å². The SMILES string of the molecule is COc1ccc(-c2ccnc(N(C)C(=O)O)c2)cc1CN(C(=O)c1sc2c(F)ccc(F)c2c1Cl)C1CCC(NCC(=O)OC(C)(C)C)CC1. The lowest BCUT2D eigenvalue weighted by molar-refractivity contribution is -0.153. The van der Waals surface area contributed by atoms with Crippen LogP contribution in [0.3, 0.4) is 0 Å². The summed E-state index contributed by atoms with van der Waals surface area (Å²) in [5.74, 6) is -1.46. The first-order valence-corrected chi connectivity index (χ1v) is 17.3. The van der Waals surface area contributed by atoms with E-state index in [9.17, 15) is 28.3 Å². The number of aromatic nitrogens is 1. The number of ether oxygens (including phenoxy) is 2. The van der Waals surface area contributed by atoms with Gasteiger partial charge in [0.1, 0.15) is 33.7 Å². The van der Waals surface area contributed by atoms with E-state index < -0.39 is 29.2 Å². The van der Waals surface area contributed by atoms with E-state index >= 15 is 0 Å². The first kappa shape index (κ1) is 36.9. The molecule has 1 fully saturated rings. The Morgan fingerprint density at radius 3 is 2.36 bits per heavy atom. The maximum Gasteiger partial charge on any atom is 0.412 e. The van der Waals surface area contributed by atoms with Gasteiger partial charge in [0, 0.05) is 37.4 Å². The molecule has 2 aromatic carbocycles. The Labute approximate surface area is 297 Å². The van der Waals surface area contributed by atoms with E-state index in [0.29, 0.717) is 42.6 Å². The topological polar surface area (TPSA) is 121 Å². The summed E-state index contributed by atoms with van der Waals surface area (Å²) in [6, 6.07) is 10.6. The Bertz CT molecular complexity index is 1910. The van der Waals surface area contributed by atoms with Crippen LogP contribution in [0.2, 0.25) is 5.02 Å². The third kappa shape index (κ3) is 8.34. The Morgan fingerprint density at radius 2 is 1.72 bits per heavy atom. The van der Waals surface area contributed by atoms with Gasteiger partial charge in [-0.25, -0.2) is 18.6 Å². The van der Waals surface area contributed by atoms with Crippen LogP contribution < -0.4 is 15.0 Å². The number of carbonyl (C=O) groups excluding carboxylic acids is 2. The normalized spacial score (nSPS) is 16.2. The number of methoxy groups -OCH3 is 1. The number of thiophene rings is 1. The molecule has 2 N–H and O–H groups in total. The summed E-state index contributed by atoms with van der Waals surface area (Å²) in [6.07, 6.45) is 2.85. The third-order valence-electron chi connectivity index (χ3n) is 8.56. The number of nitrogens with one attached hydrogen (secondary N) is 1. The molecule has 0 saturated heterocycles. The Morgan fingerprint density at radius 1 is 1.04 bits per heavy atom. The van der Waals surface area contributed by atoms with Crippen molar-refractivity contribution in [2.45, 2.75) is 70.7 Å². The molecule has 10 nitrogen and oxygen atoms in total. The average Bonchev–Trinajstić information content (AvgIpc) is 3.44. The van der Waals surface area contributed by atoms with Crippen LogP contribution in [0.5, 0.6) is 5.75 Å². The fraction of sp³-hybridized carbons (Fsp3) is 0.389. The van der Waals surface area contributed by atoms with E-state index in [1.807, 2.05) is 32.9 Å². The van der Waals surface area contributed by atoms with Crippen LogP contribution in [0.15, 0.2) is 48.7 Å². The van der Waals surface area contributed by atoms with Crippen LogP contribution in [0.1, 0.15) is 61.7 Å². The standard InChI is InChI=1S/C36H39ClF2N4O6S/c1-36(2,3)49-29(44)18-41-23-7-9-24(10-8-23)43(34(45)33-31(37)30-25(38)11-12-26(39)32(30)50-33)19-22-16-20(6-13-27(22)48-5)21-14-15-40-28(17-21)42(4)35(46)47/h6,11-17,23-24,41H,7-10,18-19H2,1-5H3,(H,46,47). The maximum atomic E-state index is 14.8. The number of carboxylic acid groups (broad SMARTS) is 1. The number of carbonyl (C=O) groups is 3. The molecule has 266 valence electrons.